The molecular formula is C29H38N2O4S. The average Bonchev–Trinajstić information content (AvgIpc) is 3.17. The molecule has 1 aromatic carbocycles. The Kier molecular flexibility index (Phi) is 11.5. The van der Waals surface area contributed by atoms with E-state index in [1.54, 1.807) is 0 Å². The van der Waals surface area contributed by atoms with E-state index in [2.05, 4.69) is 24.9 Å². The second-order valence-electron chi connectivity index (χ2n) is 9.27. The third-order valence-corrected chi connectivity index (χ3v) is 7.47. The van der Waals surface area contributed by atoms with Crippen LogP contribution in [0.4, 0.5) is 4.79 Å². The van der Waals surface area contributed by atoms with Crippen molar-refractivity contribution in [3.8, 4) is 5.75 Å². The molecule has 1 unspecified atom stereocenters. The molecule has 0 N–H and O–H groups in total. The Balaban J connectivity index is 1.40. The zero-order chi connectivity index (χ0) is 25.8. The molecule has 0 spiro atoms. The van der Waals surface area contributed by atoms with Gasteiger partial charge in [0, 0.05) is 24.7 Å². The van der Waals surface area contributed by atoms with Crippen LogP contribution in [0.1, 0.15) is 82.0 Å². The number of hydrogen-bond donors (Lipinski definition) is 0. The molecule has 3 rings (SSSR count). The Labute approximate surface area is 219 Å². The van der Waals surface area contributed by atoms with E-state index < -0.39 is 10.5 Å². The zero-order valence-electron chi connectivity index (χ0n) is 21.5. The lowest BCUT2D eigenvalue weighted by Crippen LogP contribution is -2.37. The van der Waals surface area contributed by atoms with Gasteiger partial charge in [-0.1, -0.05) is 82.3 Å². The first-order valence-electron chi connectivity index (χ1n) is 13.2. The number of aryl methyl sites for hydroxylation is 1. The number of carbonyl (C=O) groups is 3. The van der Waals surface area contributed by atoms with Gasteiger partial charge in [0.15, 0.2) is 0 Å². The number of aromatic nitrogens is 1. The lowest BCUT2D eigenvalue weighted by molar-refractivity contribution is -0.139. The number of imide groups is 3. The first kappa shape index (κ1) is 27.9. The number of hydrogen-bond acceptors (Lipinski definition) is 6. The molecular weight excluding hydrogens is 472 g/mol. The van der Waals surface area contributed by atoms with Gasteiger partial charge >= 0.3 is 0 Å². The summed E-state index contributed by atoms with van der Waals surface area (Å²) < 4.78 is 5.83. The summed E-state index contributed by atoms with van der Waals surface area (Å²) in [6.07, 6.45) is 11.9. The summed E-state index contributed by atoms with van der Waals surface area (Å²) in [6, 6.07) is 11.7. The van der Waals surface area contributed by atoms with Gasteiger partial charge in [0.2, 0.25) is 5.91 Å². The molecule has 2 aromatic rings. The van der Waals surface area contributed by atoms with Gasteiger partial charge in [-0.3, -0.25) is 19.4 Å². The van der Waals surface area contributed by atoms with E-state index in [0.29, 0.717) is 13.0 Å². The summed E-state index contributed by atoms with van der Waals surface area (Å²) in [5.41, 5.74) is 3.15. The van der Waals surface area contributed by atoms with Gasteiger partial charge in [0.05, 0.1) is 11.9 Å². The number of carbonyl (C=O) groups excluding carboxylic acids is 3. The number of ether oxygens (including phenoxy) is 1. The molecule has 36 heavy (non-hydrogen) atoms. The van der Waals surface area contributed by atoms with Crippen LogP contribution in [0.5, 0.6) is 5.75 Å². The molecule has 0 saturated carbocycles. The third-order valence-electron chi connectivity index (χ3n) is 6.43. The van der Waals surface area contributed by atoms with Gasteiger partial charge in [-0.15, -0.1) is 0 Å². The highest BCUT2D eigenvalue weighted by molar-refractivity contribution is 8.15. The van der Waals surface area contributed by atoms with Crippen molar-refractivity contribution in [1.82, 2.24) is 9.88 Å². The summed E-state index contributed by atoms with van der Waals surface area (Å²) in [5.74, 6) is -0.00658. The maximum atomic E-state index is 12.8. The Morgan fingerprint density at radius 2 is 1.64 bits per heavy atom. The van der Waals surface area contributed by atoms with Gasteiger partial charge in [-0.05, 0) is 48.6 Å². The maximum absolute atomic E-state index is 12.8. The van der Waals surface area contributed by atoms with Crippen molar-refractivity contribution in [2.24, 2.45) is 0 Å². The van der Waals surface area contributed by atoms with Gasteiger partial charge in [0.1, 0.15) is 5.75 Å². The van der Waals surface area contributed by atoms with Crippen LogP contribution in [0.2, 0.25) is 0 Å². The highest BCUT2D eigenvalue weighted by atomic mass is 32.2. The first-order chi connectivity index (χ1) is 17.5. The molecule has 1 saturated heterocycles. The third kappa shape index (κ3) is 8.47. The van der Waals surface area contributed by atoms with Crippen molar-refractivity contribution >= 4 is 28.8 Å². The first-order valence-corrected chi connectivity index (χ1v) is 14.1. The van der Waals surface area contributed by atoms with Crippen molar-refractivity contribution in [3.05, 3.63) is 59.4 Å². The number of pyridine rings is 1. The zero-order valence-corrected chi connectivity index (χ0v) is 22.4. The quantitative estimate of drug-likeness (QED) is 0.253. The van der Waals surface area contributed by atoms with Crippen LogP contribution < -0.4 is 4.74 Å². The normalized spacial score (nSPS) is 15.5. The fraction of sp³-hybridized carbons (Fsp3) is 0.517. The maximum Gasteiger partial charge on any atom is 0.295 e. The van der Waals surface area contributed by atoms with Crippen LogP contribution in [-0.4, -0.2) is 38.8 Å². The lowest BCUT2D eigenvalue weighted by atomic mass is 10.1. The molecule has 3 amide bonds. The van der Waals surface area contributed by atoms with E-state index in [-0.39, 0.29) is 18.2 Å². The van der Waals surface area contributed by atoms with Crippen molar-refractivity contribution in [1.29, 1.82) is 0 Å². The van der Waals surface area contributed by atoms with E-state index in [9.17, 15) is 14.4 Å². The number of nitrogens with zero attached hydrogens (tertiary/aromatic N) is 2. The highest BCUT2D eigenvalue weighted by Crippen LogP contribution is 2.31. The summed E-state index contributed by atoms with van der Waals surface area (Å²) in [7, 11) is 0. The minimum absolute atomic E-state index is 0.253. The largest absolute Gasteiger partial charge is 0.493 e. The molecule has 0 radical (unpaired) electrons. The van der Waals surface area contributed by atoms with Crippen molar-refractivity contribution in [2.75, 3.05) is 6.61 Å². The van der Waals surface area contributed by atoms with Gasteiger partial charge in [0.25, 0.3) is 11.1 Å². The van der Waals surface area contributed by atoms with Crippen LogP contribution in [0.25, 0.3) is 0 Å². The Bertz CT molecular complexity index is 991. The molecule has 2 heterocycles. The molecule has 1 aliphatic rings. The fourth-order valence-corrected chi connectivity index (χ4v) is 5.20. The molecule has 0 aliphatic carbocycles. The number of unbranched alkanes of at least 4 members (excludes halogenated alkanes) is 6. The molecule has 1 atom stereocenters. The van der Waals surface area contributed by atoms with E-state index in [1.807, 2.05) is 36.5 Å². The van der Waals surface area contributed by atoms with E-state index in [4.69, 9.17) is 4.74 Å². The van der Waals surface area contributed by atoms with Crippen LogP contribution in [0.3, 0.4) is 0 Å². The van der Waals surface area contributed by atoms with Gasteiger partial charge < -0.3 is 4.74 Å². The Hall–Kier alpha value is -2.67. The van der Waals surface area contributed by atoms with E-state index in [0.717, 1.165) is 65.8 Å². The number of benzene rings is 1. The Morgan fingerprint density at radius 1 is 0.944 bits per heavy atom. The predicted molar refractivity (Wildman–Crippen MR) is 144 cm³/mol. The van der Waals surface area contributed by atoms with E-state index >= 15 is 0 Å². The summed E-state index contributed by atoms with van der Waals surface area (Å²) in [4.78, 5) is 43.0. The minimum Gasteiger partial charge on any atom is -0.493 e. The molecule has 0 bridgehead atoms. The van der Waals surface area contributed by atoms with Crippen molar-refractivity contribution in [2.45, 2.75) is 89.7 Å². The molecule has 1 fully saturated rings. The number of amides is 3. The van der Waals surface area contributed by atoms with Crippen molar-refractivity contribution in [3.63, 3.8) is 0 Å². The predicted octanol–water partition coefficient (Wildman–Crippen LogP) is 6.54. The number of thioether (sulfide) groups is 1. The van der Waals surface area contributed by atoms with Crippen LogP contribution >= 0.6 is 11.8 Å². The summed E-state index contributed by atoms with van der Waals surface area (Å²) in [6.45, 7) is 4.82. The molecule has 6 nitrogen and oxygen atoms in total. The van der Waals surface area contributed by atoms with Gasteiger partial charge in [-0.25, -0.2) is 4.90 Å². The van der Waals surface area contributed by atoms with Crippen LogP contribution in [-0.2, 0) is 28.9 Å². The molecule has 194 valence electrons. The standard InChI is InChI=1S/C29H38N2O4S/c1-3-5-6-7-8-9-10-11-27(32)31-28(33)26(36-29(31)34)20-23-13-16-25(17-14-23)35-19-18-24-15-12-22(4-2)21-30-24/h12-17,21,26H,3-11,18-20H2,1-2H3. The Morgan fingerprint density at radius 3 is 2.31 bits per heavy atom. The average molecular weight is 511 g/mol. The number of rotatable bonds is 15. The lowest BCUT2D eigenvalue weighted by Gasteiger charge is -2.12. The van der Waals surface area contributed by atoms with Crippen LogP contribution in [0, 0.1) is 0 Å². The van der Waals surface area contributed by atoms with Crippen molar-refractivity contribution < 1.29 is 19.1 Å². The molecule has 7 heteroatoms. The van der Waals surface area contributed by atoms with E-state index in [1.165, 1.54) is 31.2 Å². The van der Waals surface area contributed by atoms with Crippen LogP contribution in [0.15, 0.2) is 42.6 Å². The monoisotopic (exact) mass is 510 g/mol. The smallest absolute Gasteiger partial charge is 0.295 e. The second kappa shape index (κ2) is 14.8. The molecule has 1 aliphatic heterocycles. The fourth-order valence-electron chi connectivity index (χ4n) is 4.18. The topological polar surface area (TPSA) is 76.6 Å². The SMILES string of the molecule is CCCCCCCCCC(=O)N1C(=O)SC(Cc2ccc(OCCc3ccc(CC)cn3)cc2)C1=O. The second-order valence-corrected chi connectivity index (χ2v) is 10.4. The minimum atomic E-state index is -0.556. The summed E-state index contributed by atoms with van der Waals surface area (Å²) >= 11 is 0.954. The highest BCUT2D eigenvalue weighted by Gasteiger charge is 2.42. The van der Waals surface area contributed by atoms with Gasteiger partial charge in [-0.2, -0.15) is 0 Å². The summed E-state index contributed by atoms with van der Waals surface area (Å²) in [5, 5.41) is -1.00. The molecule has 1 aromatic heterocycles.